The molecule has 1 atom stereocenters. The highest BCUT2D eigenvalue weighted by atomic mass is 35.5. The van der Waals surface area contributed by atoms with Crippen LogP contribution in [-0.2, 0) is 6.54 Å². The van der Waals surface area contributed by atoms with Gasteiger partial charge in [0.15, 0.2) is 11.5 Å². The predicted molar refractivity (Wildman–Crippen MR) is 100 cm³/mol. The summed E-state index contributed by atoms with van der Waals surface area (Å²) in [6.45, 7) is 9.33. The molecule has 130 valence electrons. The quantitative estimate of drug-likeness (QED) is 0.695. The average Bonchev–Trinajstić information content (AvgIpc) is 2.56. The summed E-state index contributed by atoms with van der Waals surface area (Å²) in [5.41, 5.74) is 2.25. The van der Waals surface area contributed by atoms with Crippen LogP contribution in [-0.4, -0.2) is 12.7 Å². The summed E-state index contributed by atoms with van der Waals surface area (Å²) >= 11 is 6.44. The highest BCUT2D eigenvalue weighted by Crippen LogP contribution is 2.34. The van der Waals surface area contributed by atoms with Crippen molar-refractivity contribution in [1.29, 1.82) is 0 Å². The Morgan fingerprint density at radius 3 is 2.38 bits per heavy atom. The highest BCUT2D eigenvalue weighted by molar-refractivity contribution is 6.31. The fourth-order valence-electron chi connectivity index (χ4n) is 2.45. The largest absolute Gasteiger partial charge is 0.490 e. The minimum absolute atomic E-state index is 0.0716. The van der Waals surface area contributed by atoms with Gasteiger partial charge in [-0.15, -0.1) is 0 Å². The molecule has 0 fully saturated rings. The van der Waals surface area contributed by atoms with Crippen molar-refractivity contribution in [3.8, 4) is 11.5 Å². The lowest BCUT2D eigenvalue weighted by molar-refractivity contribution is 0.223. The van der Waals surface area contributed by atoms with Crippen molar-refractivity contribution >= 4 is 11.6 Å². The second-order valence-electron chi connectivity index (χ2n) is 6.00. The number of benzene rings is 2. The molecule has 0 aliphatic heterocycles. The van der Waals surface area contributed by atoms with Crippen LogP contribution in [0.15, 0.2) is 42.5 Å². The zero-order valence-corrected chi connectivity index (χ0v) is 15.6. The number of hydrogen-bond donors (Lipinski definition) is 1. The highest BCUT2D eigenvalue weighted by Gasteiger charge is 2.13. The van der Waals surface area contributed by atoms with Crippen molar-refractivity contribution < 1.29 is 9.47 Å². The average molecular weight is 348 g/mol. The van der Waals surface area contributed by atoms with Gasteiger partial charge in [0, 0.05) is 23.7 Å². The Hall–Kier alpha value is -1.71. The number of halogens is 1. The Morgan fingerprint density at radius 1 is 1.04 bits per heavy atom. The van der Waals surface area contributed by atoms with E-state index in [1.807, 2.05) is 51.1 Å². The molecule has 0 saturated carbocycles. The van der Waals surface area contributed by atoms with E-state index in [2.05, 4.69) is 24.4 Å². The minimum atomic E-state index is 0.0716. The summed E-state index contributed by atoms with van der Waals surface area (Å²) in [6.07, 6.45) is 0.0716. The molecule has 0 bridgehead atoms. The zero-order chi connectivity index (χ0) is 17.5. The molecule has 0 aliphatic rings. The fraction of sp³-hybridized carbons (Fsp3) is 0.400. The van der Waals surface area contributed by atoms with Crippen LogP contribution in [0.4, 0.5) is 0 Å². The molecular weight excluding hydrogens is 322 g/mol. The second kappa shape index (κ2) is 8.95. The Morgan fingerprint density at radius 2 is 1.75 bits per heavy atom. The van der Waals surface area contributed by atoms with Crippen LogP contribution >= 0.6 is 11.6 Å². The Labute approximate surface area is 149 Å². The molecule has 0 radical (unpaired) electrons. The first kappa shape index (κ1) is 18.6. The van der Waals surface area contributed by atoms with E-state index in [0.29, 0.717) is 23.9 Å². The lowest BCUT2D eigenvalue weighted by Gasteiger charge is -2.18. The van der Waals surface area contributed by atoms with Gasteiger partial charge in [-0.05, 0) is 44.9 Å². The van der Waals surface area contributed by atoms with Crippen molar-refractivity contribution in [2.24, 2.45) is 0 Å². The first-order chi connectivity index (χ1) is 11.5. The maximum absolute atomic E-state index is 6.44. The van der Waals surface area contributed by atoms with E-state index in [1.54, 1.807) is 0 Å². The van der Waals surface area contributed by atoms with Crippen molar-refractivity contribution in [2.45, 2.75) is 46.4 Å². The smallest absolute Gasteiger partial charge is 0.163 e. The number of nitrogens with one attached hydrogen (secondary N) is 1. The van der Waals surface area contributed by atoms with Crippen molar-refractivity contribution in [1.82, 2.24) is 5.32 Å². The van der Waals surface area contributed by atoms with E-state index in [0.717, 1.165) is 11.3 Å². The van der Waals surface area contributed by atoms with Crippen molar-refractivity contribution in [3.05, 3.63) is 58.6 Å². The van der Waals surface area contributed by atoms with Crippen LogP contribution < -0.4 is 14.8 Å². The Bertz CT molecular complexity index is 644. The van der Waals surface area contributed by atoms with Crippen LogP contribution in [0.3, 0.4) is 0 Å². The van der Waals surface area contributed by atoms with Gasteiger partial charge >= 0.3 is 0 Å². The molecule has 1 N–H and O–H groups in total. The first-order valence-corrected chi connectivity index (χ1v) is 8.79. The third kappa shape index (κ3) is 5.15. The molecule has 0 aliphatic carbocycles. The lowest BCUT2D eigenvalue weighted by atomic mass is 10.1. The van der Waals surface area contributed by atoms with Crippen molar-refractivity contribution in [2.75, 3.05) is 6.61 Å². The number of ether oxygens (including phenoxy) is 2. The molecule has 3 nitrogen and oxygen atoms in total. The van der Waals surface area contributed by atoms with Crippen LogP contribution in [0, 0.1) is 0 Å². The van der Waals surface area contributed by atoms with E-state index in [-0.39, 0.29) is 12.1 Å². The van der Waals surface area contributed by atoms with Crippen molar-refractivity contribution in [3.63, 3.8) is 0 Å². The standard InChI is InChI=1S/C20H26ClNO2/c1-5-23-19-11-17(18(21)12-20(19)24-14(2)3)13-22-15(4)16-9-7-6-8-10-16/h6-12,14-15,22H,5,13H2,1-4H3. The van der Waals surface area contributed by atoms with E-state index in [1.165, 1.54) is 5.56 Å². The van der Waals surface area contributed by atoms with Crippen LogP contribution in [0.1, 0.15) is 44.9 Å². The molecule has 0 saturated heterocycles. The Balaban J connectivity index is 2.13. The van der Waals surface area contributed by atoms with E-state index >= 15 is 0 Å². The Kier molecular flexibility index (Phi) is 6.95. The molecule has 0 spiro atoms. The van der Waals surface area contributed by atoms with Gasteiger partial charge in [-0.1, -0.05) is 41.9 Å². The topological polar surface area (TPSA) is 30.5 Å². The van der Waals surface area contributed by atoms with Gasteiger partial charge < -0.3 is 14.8 Å². The van der Waals surface area contributed by atoms with E-state index in [9.17, 15) is 0 Å². The summed E-state index contributed by atoms with van der Waals surface area (Å²) in [5.74, 6) is 1.43. The molecule has 2 aromatic carbocycles. The van der Waals surface area contributed by atoms with E-state index < -0.39 is 0 Å². The molecule has 1 unspecified atom stereocenters. The third-order valence-electron chi connectivity index (χ3n) is 3.67. The molecule has 0 heterocycles. The first-order valence-electron chi connectivity index (χ1n) is 8.41. The summed E-state index contributed by atoms with van der Waals surface area (Å²) in [6, 6.07) is 14.4. The van der Waals surface area contributed by atoms with Gasteiger partial charge in [0.2, 0.25) is 0 Å². The van der Waals surface area contributed by atoms with E-state index in [4.69, 9.17) is 21.1 Å². The molecule has 0 amide bonds. The SMILES string of the molecule is CCOc1cc(CNC(C)c2ccccc2)c(Cl)cc1OC(C)C. The van der Waals surface area contributed by atoms with Crippen LogP contribution in [0.5, 0.6) is 11.5 Å². The number of rotatable bonds is 8. The third-order valence-corrected chi connectivity index (χ3v) is 4.03. The maximum atomic E-state index is 6.44. The van der Waals surface area contributed by atoms with Gasteiger partial charge in [0.1, 0.15) is 0 Å². The molecule has 4 heteroatoms. The monoisotopic (exact) mass is 347 g/mol. The zero-order valence-electron chi connectivity index (χ0n) is 14.8. The number of hydrogen-bond acceptors (Lipinski definition) is 3. The van der Waals surface area contributed by atoms with Crippen LogP contribution in [0.25, 0.3) is 0 Å². The molecule has 0 aromatic heterocycles. The van der Waals surface area contributed by atoms with Gasteiger partial charge in [-0.3, -0.25) is 0 Å². The van der Waals surface area contributed by atoms with Gasteiger partial charge in [-0.2, -0.15) is 0 Å². The summed E-state index contributed by atoms with van der Waals surface area (Å²) in [4.78, 5) is 0. The molecule has 2 aromatic rings. The lowest BCUT2D eigenvalue weighted by Crippen LogP contribution is -2.18. The second-order valence-corrected chi connectivity index (χ2v) is 6.41. The predicted octanol–water partition coefficient (Wildman–Crippen LogP) is 5.38. The minimum Gasteiger partial charge on any atom is -0.490 e. The maximum Gasteiger partial charge on any atom is 0.163 e. The van der Waals surface area contributed by atoms with Gasteiger partial charge in [0.25, 0.3) is 0 Å². The van der Waals surface area contributed by atoms with Crippen LogP contribution in [0.2, 0.25) is 5.02 Å². The summed E-state index contributed by atoms with van der Waals surface area (Å²) in [7, 11) is 0. The fourth-order valence-corrected chi connectivity index (χ4v) is 2.67. The van der Waals surface area contributed by atoms with Gasteiger partial charge in [-0.25, -0.2) is 0 Å². The molecule has 24 heavy (non-hydrogen) atoms. The summed E-state index contributed by atoms with van der Waals surface area (Å²) in [5, 5.41) is 4.19. The van der Waals surface area contributed by atoms with Gasteiger partial charge in [0.05, 0.1) is 12.7 Å². The summed E-state index contributed by atoms with van der Waals surface area (Å²) < 4.78 is 11.5. The normalized spacial score (nSPS) is 12.2. The molecule has 2 rings (SSSR count). The molecular formula is C20H26ClNO2.